The van der Waals surface area contributed by atoms with Gasteiger partial charge in [0, 0.05) is 7.11 Å². The fourth-order valence-corrected chi connectivity index (χ4v) is 1.51. The first-order valence-electron chi connectivity index (χ1n) is 5.82. The molecule has 0 spiro atoms. The fourth-order valence-electron chi connectivity index (χ4n) is 1.51. The second-order valence-corrected chi connectivity index (χ2v) is 4.13. The van der Waals surface area contributed by atoms with E-state index in [1.165, 1.54) is 0 Å². The number of ether oxygens (including phenoxy) is 2. The Morgan fingerprint density at radius 2 is 1.84 bits per heavy atom. The van der Waals surface area contributed by atoms with Crippen molar-refractivity contribution in [3.05, 3.63) is 35.4 Å². The lowest BCUT2D eigenvalue weighted by atomic mass is 10.1. The molecule has 1 rings (SSSR count). The van der Waals surface area contributed by atoms with Gasteiger partial charge in [-0.2, -0.15) is 13.2 Å². The lowest BCUT2D eigenvalue weighted by Gasteiger charge is -2.13. The van der Waals surface area contributed by atoms with Crippen molar-refractivity contribution < 1.29 is 27.8 Å². The molecule has 0 heterocycles. The fraction of sp³-hybridized carbons (Fsp3) is 0.538. The van der Waals surface area contributed by atoms with Crippen LogP contribution in [-0.4, -0.2) is 38.2 Å². The van der Waals surface area contributed by atoms with E-state index in [9.17, 15) is 18.3 Å². The molecule has 0 aliphatic heterocycles. The van der Waals surface area contributed by atoms with Crippen molar-refractivity contribution in [1.29, 1.82) is 0 Å². The van der Waals surface area contributed by atoms with Crippen LogP contribution in [0.1, 0.15) is 17.2 Å². The molecule has 0 bridgehead atoms. The van der Waals surface area contributed by atoms with Gasteiger partial charge in [0.15, 0.2) is 0 Å². The normalized spacial score (nSPS) is 13.5. The van der Waals surface area contributed by atoms with Crippen LogP contribution in [0.2, 0.25) is 0 Å². The molecule has 0 radical (unpaired) electrons. The number of hydrogen-bond acceptors (Lipinski definition) is 3. The number of benzene rings is 1. The standard InChI is InChI=1S/C13H17F3O3/c1-18-7-6-10-2-4-11(5-3-10)12(17)8-19-9-13(14,15)16/h2-5,12,17H,6-9H2,1H3. The molecule has 1 aromatic rings. The highest BCUT2D eigenvalue weighted by atomic mass is 19.4. The Hall–Kier alpha value is -1.11. The molecule has 0 saturated carbocycles. The van der Waals surface area contributed by atoms with Crippen LogP contribution in [0.25, 0.3) is 0 Å². The Morgan fingerprint density at radius 3 is 2.37 bits per heavy atom. The first kappa shape index (κ1) is 15.9. The minimum Gasteiger partial charge on any atom is -0.386 e. The Morgan fingerprint density at radius 1 is 1.21 bits per heavy atom. The van der Waals surface area contributed by atoms with Gasteiger partial charge in [0.25, 0.3) is 0 Å². The topological polar surface area (TPSA) is 38.7 Å². The van der Waals surface area contributed by atoms with E-state index >= 15 is 0 Å². The van der Waals surface area contributed by atoms with E-state index in [1.54, 1.807) is 31.4 Å². The van der Waals surface area contributed by atoms with Gasteiger partial charge >= 0.3 is 6.18 Å². The molecule has 108 valence electrons. The van der Waals surface area contributed by atoms with Crippen LogP contribution >= 0.6 is 0 Å². The van der Waals surface area contributed by atoms with E-state index in [2.05, 4.69) is 4.74 Å². The molecule has 1 atom stereocenters. The van der Waals surface area contributed by atoms with Gasteiger partial charge in [0.2, 0.25) is 0 Å². The van der Waals surface area contributed by atoms with Gasteiger partial charge in [-0.05, 0) is 17.5 Å². The smallest absolute Gasteiger partial charge is 0.386 e. The predicted molar refractivity (Wildman–Crippen MR) is 63.9 cm³/mol. The van der Waals surface area contributed by atoms with Gasteiger partial charge in [-0.25, -0.2) is 0 Å². The van der Waals surface area contributed by atoms with Crippen molar-refractivity contribution in [2.24, 2.45) is 0 Å². The van der Waals surface area contributed by atoms with Crippen molar-refractivity contribution in [3.63, 3.8) is 0 Å². The zero-order chi connectivity index (χ0) is 14.3. The van der Waals surface area contributed by atoms with E-state index in [4.69, 9.17) is 4.74 Å². The quantitative estimate of drug-likeness (QED) is 0.832. The molecule has 19 heavy (non-hydrogen) atoms. The molecule has 0 aliphatic carbocycles. The second-order valence-electron chi connectivity index (χ2n) is 4.13. The molecule has 0 fully saturated rings. The maximum Gasteiger partial charge on any atom is 0.411 e. The molecule has 0 aliphatic rings. The van der Waals surface area contributed by atoms with E-state index < -0.39 is 18.9 Å². The summed E-state index contributed by atoms with van der Waals surface area (Å²) in [5, 5.41) is 9.67. The lowest BCUT2D eigenvalue weighted by molar-refractivity contribution is -0.179. The van der Waals surface area contributed by atoms with Crippen molar-refractivity contribution in [1.82, 2.24) is 0 Å². The summed E-state index contributed by atoms with van der Waals surface area (Å²) >= 11 is 0. The highest BCUT2D eigenvalue weighted by Crippen LogP contribution is 2.18. The SMILES string of the molecule is COCCc1ccc(C(O)COCC(F)(F)F)cc1. The second kappa shape index (κ2) is 7.47. The number of aliphatic hydroxyl groups is 1. The summed E-state index contributed by atoms with van der Waals surface area (Å²) in [5.41, 5.74) is 1.57. The maximum atomic E-state index is 11.9. The molecule has 1 aromatic carbocycles. The number of halogens is 3. The summed E-state index contributed by atoms with van der Waals surface area (Å²) in [7, 11) is 1.61. The third kappa shape index (κ3) is 6.56. The predicted octanol–water partition coefficient (Wildman–Crippen LogP) is 2.49. The highest BCUT2D eigenvalue weighted by molar-refractivity contribution is 5.24. The molecule has 0 aromatic heterocycles. The monoisotopic (exact) mass is 278 g/mol. The summed E-state index contributed by atoms with van der Waals surface area (Å²) in [6.45, 7) is -1.14. The average molecular weight is 278 g/mol. The van der Waals surface area contributed by atoms with Crippen LogP contribution in [-0.2, 0) is 15.9 Å². The molecule has 1 unspecified atom stereocenters. The summed E-state index contributed by atoms with van der Waals surface area (Å²) in [5.74, 6) is 0. The minimum absolute atomic E-state index is 0.378. The van der Waals surface area contributed by atoms with E-state index in [0.717, 1.165) is 12.0 Å². The summed E-state index contributed by atoms with van der Waals surface area (Å²) in [6.07, 6.45) is -4.68. The third-order valence-electron chi connectivity index (χ3n) is 2.50. The molecule has 3 nitrogen and oxygen atoms in total. The van der Waals surface area contributed by atoms with Crippen molar-refractivity contribution in [2.75, 3.05) is 26.9 Å². The van der Waals surface area contributed by atoms with Crippen LogP contribution in [0.3, 0.4) is 0 Å². The van der Waals surface area contributed by atoms with Crippen LogP contribution in [0.15, 0.2) is 24.3 Å². The first-order chi connectivity index (χ1) is 8.92. The van der Waals surface area contributed by atoms with Crippen LogP contribution in [0.5, 0.6) is 0 Å². The van der Waals surface area contributed by atoms with Gasteiger partial charge in [-0.3, -0.25) is 0 Å². The number of alkyl halides is 3. The van der Waals surface area contributed by atoms with Crippen molar-refractivity contribution in [2.45, 2.75) is 18.7 Å². The first-order valence-corrected chi connectivity index (χ1v) is 5.82. The Balaban J connectivity index is 2.42. The lowest BCUT2D eigenvalue weighted by Crippen LogP contribution is -2.19. The summed E-state index contributed by atoms with van der Waals surface area (Å²) in [4.78, 5) is 0. The van der Waals surface area contributed by atoms with Crippen molar-refractivity contribution in [3.8, 4) is 0 Å². The largest absolute Gasteiger partial charge is 0.411 e. The molecule has 1 N–H and O–H groups in total. The van der Waals surface area contributed by atoms with Crippen LogP contribution in [0.4, 0.5) is 13.2 Å². The molecular weight excluding hydrogens is 261 g/mol. The molecule has 0 amide bonds. The zero-order valence-electron chi connectivity index (χ0n) is 10.6. The minimum atomic E-state index is -4.37. The van der Waals surface area contributed by atoms with Gasteiger partial charge in [0.05, 0.1) is 13.2 Å². The number of hydrogen-bond donors (Lipinski definition) is 1. The van der Waals surface area contributed by atoms with E-state index in [-0.39, 0.29) is 6.61 Å². The van der Waals surface area contributed by atoms with Gasteiger partial charge in [-0.1, -0.05) is 24.3 Å². The molecule has 6 heteroatoms. The van der Waals surface area contributed by atoms with E-state index in [0.29, 0.717) is 12.2 Å². The van der Waals surface area contributed by atoms with Gasteiger partial charge < -0.3 is 14.6 Å². The number of rotatable bonds is 7. The number of methoxy groups -OCH3 is 1. The molecule has 0 saturated heterocycles. The average Bonchev–Trinajstić information content (AvgIpc) is 2.35. The Kier molecular flexibility index (Phi) is 6.27. The maximum absolute atomic E-state index is 11.9. The summed E-state index contributed by atoms with van der Waals surface area (Å²) in [6, 6.07) is 6.96. The Bertz CT molecular complexity index is 362. The summed E-state index contributed by atoms with van der Waals surface area (Å²) < 4.78 is 44.9. The van der Waals surface area contributed by atoms with Gasteiger partial charge in [-0.15, -0.1) is 0 Å². The van der Waals surface area contributed by atoms with Crippen LogP contribution in [0, 0.1) is 0 Å². The highest BCUT2D eigenvalue weighted by Gasteiger charge is 2.27. The van der Waals surface area contributed by atoms with E-state index in [1.807, 2.05) is 0 Å². The van der Waals surface area contributed by atoms with Crippen LogP contribution < -0.4 is 0 Å². The number of aliphatic hydroxyl groups excluding tert-OH is 1. The third-order valence-corrected chi connectivity index (χ3v) is 2.50. The molecular formula is C13H17F3O3. The van der Waals surface area contributed by atoms with Crippen molar-refractivity contribution >= 4 is 0 Å². The van der Waals surface area contributed by atoms with Gasteiger partial charge in [0.1, 0.15) is 12.7 Å². The Labute approximate surface area is 110 Å². The zero-order valence-corrected chi connectivity index (χ0v) is 10.6.